The summed E-state index contributed by atoms with van der Waals surface area (Å²) in [6.45, 7) is 6.75. The van der Waals surface area contributed by atoms with Crippen molar-refractivity contribution >= 4 is 35.6 Å². The van der Waals surface area contributed by atoms with Crippen molar-refractivity contribution in [3.05, 3.63) is 71.6 Å². The van der Waals surface area contributed by atoms with Gasteiger partial charge in [0, 0.05) is 18.7 Å². The maximum Gasteiger partial charge on any atom is 0.228 e. The first-order valence-corrected chi connectivity index (χ1v) is 10.3. The lowest BCUT2D eigenvalue weighted by Gasteiger charge is -2.14. The first-order chi connectivity index (χ1) is 15.0. The number of hydrogen-bond donors (Lipinski definition) is 2. The number of anilines is 1. The SMILES string of the molecule is Cc1noc(CCN=C(NCCc2ccccc2F)Nc2ccc(OC(C)C)cc2)n1.I. The smallest absolute Gasteiger partial charge is 0.228 e. The van der Waals surface area contributed by atoms with E-state index in [4.69, 9.17) is 9.26 Å². The van der Waals surface area contributed by atoms with Crippen LogP contribution in [0.1, 0.15) is 31.1 Å². The molecule has 0 aliphatic carbocycles. The van der Waals surface area contributed by atoms with Crippen LogP contribution >= 0.6 is 24.0 Å². The maximum atomic E-state index is 13.9. The minimum absolute atomic E-state index is 0. The highest BCUT2D eigenvalue weighted by Gasteiger charge is 2.06. The monoisotopic (exact) mass is 553 g/mol. The van der Waals surface area contributed by atoms with Gasteiger partial charge in [-0.3, -0.25) is 4.99 Å². The lowest BCUT2D eigenvalue weighted by Crippen LogP contribution is -2.33. The molecule has 0 fully saturated rings. The molecule has 0 aliphatic rings. The molecule has 7 nitrogen and oxygen atoms in total. The fourth-order valence-electron chi connectivity index (χ4n) is 2.89. The van der Waals surface area contributed by atoms with Crippen LogP contribution in [0.3, 0.4) is 0 Å². The zero-order valence-electron chi connectivity index (χ0n) is 18.5. The van der Waals surface area contributed by atoms with E-state index in [1.54, 1.807) is 19.1 Å². The highest BCUT2D eigenvalue weighted by Crippen LogP contribution is 2.17. The highest BCUT2D eigenvalue weighted by atomic mass is 127. The summed E-state index contributed by atoms with van der Waals surface area (Å²) in [5.41, 5.74) is 1.52. The van der Waals surface area contributed by atoms with Crippen molar-refractivity contribution < 1.29 is 13.7 Å². The summed E-state index contributed by atoms with van der Waals surface area (Å²) < 4.78 is 24.7. The summed E-state index contributed by atoms with van der Waals surface area (Å²) in [5, 5.41) is 10.3. The van der Waals surface area contributed by atoms with E-state index in [1.165, 1.54) is 6.07 Å². The second kappa shape index (κ2) is 13.0. The molecule has 0 amide bonds. The van der Waals surface area contributed by atoms with Crippen LogP contribution in [0.5, 0.6) is 5.75 Å². The van der Waals surface area contributed by atoms with E-state index in [0.717, 1.165) is 11.4 Å². The molecule has 0 spiro atoms. The Hall–Kier alpha value is -2.69. The van der Waals surface area contributed by atoms with Gasteiger partial charge in [-0.25, -0.2) is 4.39 Å². The van der Waals surface area contributed by atoms with Gasteiger partial charge in [0.05, 0.1) is 12.6 Å². The van der Waals surface area contributed by atoms with Gasteiger partial charge >= 0.3 is 0 Å². The number of benzene rings is 2. The van der Waals surface area contributed by atoms with Crippen molar-refractivity contribution in [2.75, 3.05) is 18.4 Å². The number of rotatable bonds is 9. The Bertz CT molecular complexity index is 992. The van der Waals surface area contributed by atoms with E-state index in [0.29, 0.717) is 49.2 Å². The molecule has 32 heavy (non-hydrogen) atoms. The lowest BCUT2D eigenvalue weighted by atomic mass is 10.1. The summed E-state index contributed by atoms with van der Waals surface area (Å²) in [6.07, 6.45) is 1.18. The second-order valence-corrected chi connectivity index (χ2v) is 7.30. The summed E-state index contributed by atoms with van der Waals surface area (Å²) in [6, 6.07) is 14.4. The Balaban J connectivity index is 0.00000363. The quantitative estimate of drug-likeness (QED) is 0.226. The molecule has 1 aromatic heterocycles. The number of aromatic nitrogens is 2. The van der Waals surface area contributed by atoms with Crippen LogP contribution < -0.4 is 15.4 Å². The van der Waals surface area contributed by atoms with E-state index in [1.807, 2.05) is 44.2 Å². The first-order valence-electron chi connectivity index (χ1n) is 10.3. The molecule has 172 valence electrons. The molecule has 3 aromatic rings. The van der Waals surface area contributed by atoms with Crippen molar-refractivity contribution in [1.82, 2.24) is 15.5 Å². The molecule has 2 N–H and O–H groups in total. The normalized spacial score (nSPS) is 11.2. The number of guanidine groups is 1. The lowest BCUT2D eigenvalue weighted by molar-refractivity contribution is 0.242. The molecule has 0 bridgehead atoms. The molecule has 0 saturated carbocycles. The van der Waals surface area contributed by atoms with Crippen molar-refractivity contribution in [2.45, 2.75) is 39.7 Å². The Morgan fingerprint density at radius 3 is 2.53 bits per heavy atom. The molecule has 0 radical (unpaired) electrons. The standard InChI is InChI=1S/C23H28FN5O2.HI/c1-16(2)30-20-10-8-19(9-11-20)28-23(26-15-13-22-27-17(3)29-31-22)25-14-12-18-6-4-5-7-21(18)24;/h4-11,16H,12-15H2,1-3H3,(H2,25,26,28);1H. The van der Waals surface area contributed by atoms with E-state index in [9.17, 15) is 4.39 Å². The fourth-order valence-corrected chi connectivity index (χ4v) is 2.89. The fraction of sp³-hybridized carbons (Fsp3) is 0.348. The van der Waals surface area contributed by atoms with Crippen LogP contribution in [-0.4, -0.2) is 35.3 Å². The summed E-state index contributed by atoms with van der Waals surface area (Å²) >= 11 is 0. The average molecular weight is 553 g/mol. The third kappa shape index (κ3) is 8.45. The van der Waals surface area contributed by atoms with E-state index in [-0.39, 0.29) is 35.9 Å². The van der Waals surface area contributed by atoms with E-state index < -0.39 is 0 Å². The second-order valence-electron chi connectivity index (χ2n) is 7.30. The Morgan fingerprint density at radius 1 is 1.12 bits per heavy atom. The van der Waals surface area contributed by atoms with Crippen molar-refractivity contribution in [2.24, 2.45) is 4.99 Å². The molecule has 0 unspecified atom stereocenters. The third-order valence-electron chi connectivity index (χ3n) is 4.30. The van der Waals surface area contributed by atoms with Gasteiger partial charge in [-0.1, -0.05) is 23.4 Å². The van der Waals surface area contributed by atoms with Crippen LogP contribution in [-0.2, 0) is 12.8 Å². The summed E-state index contributed by atoms with van der Waals surface area (Å²) in [7, 11) is 0. The van der Waals surface area contributed by atoms with Crippen LogP contribution in [0.4, 0.5) is 10.1 Å². The van der Waals surface area contributed by atoms with Gasteiger partial charge in [0.25, 0.3) is 0 Å². The molecule has 9 heteroatoms. The maximum absolute atomic E-state index is 13.9. The molecule has 2 aromatic carbocycles. The number of nitrogens with one attached hydrogen (secondary N) is 2. The van der Waals surface area contributed by atoms with Crippen LogP contribution in [0.2, 0.25) is 0 Å². The zero-order chi connectivity index (χ0) is 22.1. The predicted octanol–water partition coefficient (Wildman–Crippen LogP) is 4.77. The molecular weight excluding hydrogens is 524 g/mol. The van der Waals surface area contributed by atoms with Gasteiger partial charge in [0.15, 0.2) is 11.8 Å². The number of aliphatic imine (C=N–C) groups is 1. The van der Waals surface area contributed by atoms with Gasteiger partial charge in [0.2, 0.25) is 5.89 Å². The van der Waals surface area contributed by atoms with Gasteiger partial charge < -0.3 is 19.9 Å². The van der Waals surface area contributed by atoms with Crippen molar-refractivity contribution in [1.29, 1.82) is 0 Å². The summed E-state index contributed by atoms with van der Waals surface area (Å²) in [4.78, 5) is 8.78. The van der Waals surface area contributed by atoms with E-state index >= 15 is 0 Å². The van der Waals surface area contributed by atoms with Crippen molar-refractivity contribution in [3.63, 3.8) is 0 Å². The molecule has 1 heterocycles. The molecule has 0 aliphatic heterocycles. The van der Waals surface area contributed by atoms with Gasteiger partial charge in [0.1, 0.15) is 11.6 Å². The number of aryl methyl sites for hydroxylation is 1. The van der Waals surface area contributed by atoms with Crippen LogP contribution in [0, 0.1) is 12.7 Å². The number of halogens is 2. The zero-order valence-corrected chi connectivity index (χ0v) is 20.8. The Labute approximate surface area is 204 Å². The van der Waals surface area contributed by atoms with Crippen LogP contribution in [0.15, 0.2) is 58.0 Å². The number of nitrogens with zero attached hydrogens (tertiary/aromatic N) is 3. The number of ether oxygens (including phenoxy) is 1. The molecule has 3 rings (SSSR count). The van der Waals surface area contributed by atoms with E-state index in [2.05, 4.69) is 25.8 Å². The summed E-state index contributed by atoms with van der Waals surface area (Å²) in [5.74, 6) is 2.33. The Morgan fingerprint density at radius 2 is 1.88 bits per heavy atom. The number of hydrogen-bond acceptors (Lipinski definition) is 5. The Kier molecular flexibility index (Phi) is 10.4. The van der Waals surface area contributed by atoms with Gasteiger partial charge in [-0.05, 0) is 63.1 Å². The van der Waals surface area contributed by atoms with Gasteiger partial charge in [-0.2, -0.15) is 4.98 Å². The predicted molar refractivity (Wildman–Crippen MR) is 134 cm³/mol. The highest BCUT2D eigenvalue weighted by molar-refractivity contribution is 14.0. The largest absolute Gasteiger partial charge is 0.491 e. The van der Waals surface area contributed by atoms with Gasteiger partial charge in [-0.15, -0.1) is 24.0 Å². The topological polar surface area (TPSA) is 84.6 Å². The molecule has 0 atom stereocenters. The van der Waals surface area contributed by atoms with Crippen LogP contribution in [0.25, 0.3) is 0 Å². The first kappa shape index (κ1) is 25.6. The van der Waals surface area contributed by atoms with Crippen molar-refractivity contribution in [3.8, 4) is 5.75 Å². The third-order valence-corrected chi connectivity index (χ3v) is 4.30. The minimum Gasteiger partial charge on any atom is -0.491 e. The molecular formula is C23H29FIN5O2. The average Bonchev–Trinajstić information content (AvgIpc) is 3.15. The molecule has 0 saturated heterocycles. The minimum atomic E-state index is -0.205.